The minimum atomic E-state index is -1.57. The van der Waals surface area contributed by atoms with E-state index in [1.807, 2.05) is 6.08 Å². The van der Waals surface area contributed by atoms with E-state index in [-0.39, 0.29) is 12.5 Å². The summed E-state index contributed by atoms with van der Waals surface area (Å²) in [5, 5.41) is 54.7. The SMILES string of the molecule is CC/C=C\C/C=C\C/C=C\C/C=C\C/C=C\C/C=C\CCCCCCCCCCCCCCCCCCCCCCCCC(=O)NC(COC1OC(CO)C(O)C(O)C1O)C(O)/C=C/CCCCCCCCCCCCCCCCCC. The highest BCUT2D eigenvalue weighted by Crippen LogP contribution is 2.23. The first-order valence-corrected chi connectivity index (χ1v) is 34.8. The van der Waals surface area contributed by atoms with Crippen LogP contribution in [0.3, 0.4) is 0 Å². The van der Waals surface area contributed by atoms with Crippen molar-refractivity contribution < 1.29 is 39.8 Å². The average molecular weight is 1150 g/mol. The molecular weight excluding hydrogens is 1020 g/mol. The maximum Gasteiger partial charge on any atom is 0.220 e. The quantitative estimate of drug-likeness (QED) is 0.0261. The zero-order valence-electron chi connectivity index (χ0n) is 53.2. The molecule has 1 aliphatic rings. The summed E-state index contributed by atoms with van der Waals surface area (Å²) in [7, 11) is 0. The van der Waals surface area contributed by atoms with Gasteiger partial charge in [-0.1, -0.05) is 324 Å². The second kappa shape index (κ2) is 61.5. The first-order chi connectivity index (χ1) is 40.3. The molecule has 0 aromatic carbocycles. The molecule has 1 amide bonds. The number of allylic oxidation sites excluding steroid dienone is 13. The molecule has 9 nitrogen and oxygen atoms in total. The predicted octanol–water partition coefficient (Wildman–Crippen LogP) is 18.9. The van der Waals surface area contributed by atoms with Crippen LogP contribution in [0.4, 0.5) is 0 Å². The fraction of sp³-hybridized carbons (Fsp3) is 0.795. The molecule has 1 heterocycles. The van der Waals surface area contributed by atoms with Crippen LogP contribution in [0.5, 0.6) is 0 Å². The van der Waals surface area contributed by atoms with Crippen LogP contribution >= 0.6 is 0 Å². The van der Waals surface area contributed by atoms with Crippen molar-refractivity contribution in [1.82, 2.24) is 5.32 Å². The van der Waals surface area contributed by atoms with Gasteiger partial charge in [0.2, 0.25) is 5.91 Å². The van der Waals surface area contributed by atoms with Gasteiger partial charge in [0.05, 0.1) is 25.4 Å². The zero-order valence-corrected chi connectivity index (χ0v) is 53.2. The molecule has 0 spiro atoms. The van der Waals surface area contributed by atoms with E-state index in [1.165, 1.54) is 218 Å². The molecule has 7 unspecified atom stereocenters. The average Bonchev–Trinajstić information content (AvgIpc) is 3.57. The number of ether oxygens (including phenoxy) is 2. The maximum atomic E-state index is 13.1. The number of nitrogens with one attached hydrogen (secondary N) is 1. The topological polar surface area (TPSA) is 149 Å². The van der Waals surface area contributed by atoms with E-state index in [0.29, 0.717) is 6.42 Å². The minimum absolute atomic E-state index is 0.173. The Morgan fingerprint density at radius 2 is 0.756 bits per heavy atom. The molecule has 0 saturated carbocycles. The van der Waals surface area contributed by atoms with Crippen molar-refractivity contribution in [3.8, 4) is 0 Å². The third-order valence-corrected chi connectivity index (χ3v) is 16.2. The number of carbonyl (C=O) groups excluding carboxylic acids is 1. The first kappa shape index (κ1) is 77.4. The van der Waals surface area contributed by atoms with Gasteiger partial charge in [-0.25, -0.2) is 0 Å². The Morgan fingerprint density at radius 3 is 1.12 bits per heavy atom. The molecule has 0 aromatic rings. The zero-order chi connectivity index (χ0) is 59.3. The standard InChI is InChI=1S/C73H131NO8/c1-3-5-7-9-11-13-15-17-19-21-23-24-25-26-27-28-29-30-31-32-33-34-35-36-37-38-39-40-41-42-43-44-45-47-49-51-53-55-57-59-61-63-69(77)74-66(65-81-73-72(80)71(79)70(78)68(64-75)82-73)67(76)62-60-58-56-54-52-50-48-46-22-20-18-16-14-12-10-8-6-4-2/h5,7,11,13,17,19,23-24,26-27,29-30,60,62,66-68,70-73,75-76,78-80H,3-4,6,8-10,12,14-16,18,20-22,25,28,31-59,61,63-65H2,1-2H3,(H,74,77)/b7-5-,13-11-,19-17-,24-23-,27-26-,30-29-,62-60+. The van der Waals surface area contributed by atoms with Gasteiger partial charge < -0.3 is 40.3 Å². The Hall–Kier alpha value is -2.63. The van der Waals surface area contributed by atoms with E-state index in [0.717, 1.165) is 77.0 Å². The molecular formula is C73H131NO8. The summed E-state index contributed by atoms with van der Waals surface area (Å²) in [5.74, 6) is -0.173. The minimum Gasteiger partial charge on any atom is -0.394 e. The summed E-state index contributed by atoms with van der Waals surface area (Å²) in [6.07, 6.45) is 81.2. The second-order valence-electron chi connectivity index (χ2n) is 23.9. The number of aliphatic hydroxyl groups excluding tert-OH is 5. The van der Waals surface area contributed by atoms with Crippen molar-refractivity contribution in [3.63, 3.8) is 0 Å². The van der Waals surface area contributed by atoms with Gasteiger partial charge in [-0.2, -0.15) is 0 Å². The van der Waals surface area contributed by atoms with Crippen molar-refractivity contribution in [3.05, 3.63) is 85.1 Å². The molecule has 6 N–H and O–H groups in total. The Bertz CT molecular complexity index is 1570. The number of unbranched alkanes of at least 4 members (excludes halogenated alkanes) is 38. The molecule has 1 saturated heterocycles. The lowest BCUT2D eigenvalue weighted by atomic mass is 9.99. The van der Waals surface area contributed by atoms with Crippen LogP contribution < -0.4 is 5.32 Å². The Kier molecular flexibility index (Phi) is 58.0. The highest BCUT2D eigenvalue weighted by molar-refractivity contribution is 5.76. The Morgan fingerprint density at radius 1 is 0.427 bits per heavy atom. The third kappa shape index (κ3) is 49.6. The van der Waals surface area contributed by atoms with E-state index in [9.17, 15) is 30.3 Å². The second-order valence-corrected chi connectivity index (χ2v) is 23.9. The van der Waals surface area contributed by atoms with Crippen LogP contribution in [0, 0.1) is 0 Å². The largest absolute Gasteiger partial charge is 0.394 e. The molecule has 476 valence electrons. The predicted molar refractivity (Wildman–Crippen MR) is 350 cm³/mol. The van der Waals surface area contributed by atoms with Crippen LogP contribution in [-0.2, 0) is 14.3 Å². The molecule has 1 aliphatic heterocycles. The molecule has 1 rings (SSSR count). The van der Waals surface area contributed by atoms with Crippen molar-refractivity contribution in [2.75, 3.05) is 13.2 Å². The van der Waals surface area contributed by atoms with E-state index in [1.54, 1.807) is 6.08 Å². The van der Waals surface area contributed by atoms with Crippen molar-refractivity contribution >= 4 is 5.91 Å². The summed E-state index contributed by atoms with van der Waals surface area (Å²) in [6.45, 7) is 3.69. The molecule has 1 fully saturated rings. The molecule has 0 aromatic heterocycles. The third-order valence-electron chi connectivity index (χ3n) is 16.2. The van der Waals surface area contributed by atoms with Gasteiger partial charge in [0.25, 0.3) is 0 Å². The molecule has 0 radical (unpaired) electrons. The molecule has 7 atom stereocenters. The Balaban J connectivity index is 2.06. The summed E-state index contributed by atoms with van der Waals surface area (Å²) >= 11 is 0. The lowest BCUT2D eigenvalue weighted by Crippen LogP contribution is -2.60. The maximum absolute atomic E-state index is 13.1. The highest BCUT2D eigenvalue weighted by Gasteiger charge is 2.44. The van der Waals surface area contributed by atoms with E-state index in [4.69, 9.17) is 9.47 Å². The molecule has 0 bridgehead atoms. The molecule has 0 aliphatic carbocycles. The first-order valence-electron chi connectivity index (χ1n) is 34.8. The summed E-state index contributed by atoms with van der Waals surface area (Å²) < 4.78 is 11.3. The van der Waals surface area contributed by atoms with E-state index < -0.39 is 49.5 Å². The lowest BCUT2D eigenvalue weighted by molar-refractivity contribution is -0.302. The fourth-order valence-corrected chi connectivity index (χ4v) is 10.8. The summed E-state index contributed by atoms with van der Waals surface area (Å²) in [5.41, 5.74) is 0. The molecule has 82 heavy (non-hydrogen) atoms. The Labute approximate surface area is 505 Å². The van der Waals surface area contributed by atoms with Crippen molar-refractivity contribution in [2.45, 2.75) is 358 Å². The summed E-state index contributed by atoms with van der Waals surface area (Å²) in [4.78, 5) is 13.1. The van der Waals surface area contributed by atoms with Gasteiger partial charge >= 0.3 is 0 Å². The van der Waals surface area contributed by atoms with Crippen LogP contribution in [0.25, 0.3) is 0 Å². The number of hydrogen-bond donors (Lipinski definition) is 6. The number of carbonyl (C=O) groups is 1. The molecule has 9 heteroatoms. The monoisotopic (exact) mass is 1150 g/mol. The number of hydrogen-bond acceptors (Lipinski definition) is 8. The smallest absolute Gasteiger partial charge is 0.220 e. The fourth-order valence-electron chi connectivity index (χ4n) is 10.8. The number of aliphatic hydroxyl groups is 5. The summed E-state index contributed by atoms with van der Waals surface area (Å²) in [6, 6.07) is -0.806. The van der Waals surface area contributed by atoms with Crippen molar-refractivity contribution in [1.29, 1.82) is 0 Å². The number of amides is 1. The van der Waals surface area contributed by atoms with E-state index >= 15 is 0 Å². The normalized spacial score (nSPS) is 18.8. The van der Waals surface area contributed by atoms with Crippen LogP contribution in [0.15, 0.2) is 85.1 Å². The lowest BCUT2D eigenvalue weighted by Gasteiger charge is -2.40. The highest BCUT2D eigenvalue weighted by atomic mass is 16.7. The number of rotatable bonds is 60. The van der Waals surface area contributed by atoms with Gasteiger partial charge in [0, 0.05) is 6.42 Å². The van der Waals surface area contributed by atoms with Gasteiger partial charge in [0.1, 0.15) is 24.4 Å². The van der Waals surface area contributed by atoms with E-state index in [2.05, 4.69) is 92.1 Å². The van der Waals surface area contributed by atoms with Gasteiger partial charge in [0.15, 0.2) is 6.29 Å². The van der Waals surface area contributed by atoms with Crippen LogP contribution in [-0.4, -0.2) is 87.5 Å². The van der Waals surface area contributed by atoms with Crippen molar-refractivity contribution in [2.24, 2.45) is 0 Å². The van der Waals surface area contributed by atoms with Crippen LogP contribution in [0.1, 0.15) is 316 Å². The van der Waals surface area contributed by atoms with Crippen LogP contribution in [0.2, 0.25) is 0 Å². The van der Waals surface area contributed by atoms with Gasteiger partial charge in [-0.3, -0.25) is 4.79 Å². The van der Waals surface area contributed by atoms with Gasteiger partial charge in [-0.05, 0) is 70.6 Å². The van der Waals surface area contributed by atoms with Gasteiger partial charge in [-0.15, -0.1) is 0 Å².